The Labute approximate surface area is 97.9 Å². The van der Waals surface area contributed by atoms with Crippen molar-refractivity contribution < 1.29 is 53.0 Å². The predicted octanol–water partition coefficient (Wildman–Crippen LogP) is 3.74. The summed E-state index contributed by atoms with van der Waals surface area (Å²) in [5.74, 6) is -18.9. The molecule has 0 amide bonds. The van der Waals surface area contributed by atoms with Gasteiger partial charge in [-0.25, -0.2) is 8.78 Å². The third-order valence-electron chi connectivity index (χ3n) is 1.70. The molecule has 0 aromatic rings. The van der Waals surface area contributed by atoms with Crippen LogP contribution in [0.15, 0.2) is 0 Å². The minimum atomic E-state index is -6.57. The first kappa shape index (κ1) is 18.2. The van der Waals surface area contributed by atoms with Crippen molar-refractivity contribution in [3.63, 3.8) is 0 Å². The highest BCUT2D eigenvalue weighted by molar-refractivity contribution is 4.97. The maximum absolute atomic E-state index is 12.6. The lowest BCUT2D eigenvalue weighted by Gasteiger charge is -2.32. The molecular formula is C7H5F11O. The molecule has 0 heterocycles. The molecule has 0 aromatic carbocycles. The summed E-state index contributed by atoms with van der Waals surface area (Å²) in [6, 6.07) is 0. The third kappa shape index (κ3) is 4.08. The molecule has 0 N–H and O–H groups in total. The van der Waals surface area contributed by atoms with Crippen molar-refractivity contribution in [3.8, 4) is 0 Å². The van der Waals surface area contributed by atoms with Gasteiger partial charge in [0.2, 0.25) is 0 Å². The van der Waals surface area contributed by atoms with E-state index in [9.17, 15) is 48.3 Å². The number of alkyl halides is 11. The Morgan fingerprint density at radius 1 is 0.737 bits per heavy atom. The smallest absolute Gasteiger partial charge is 0.366 e. The van der Waals surface area contributed by atoms with Gasteiger partial charge in [0.25, 0.3) is 0 Å². The molecule has 0 radical (unpaired) electrons. The SMILES string of the molecule is FC(F)C(F)(F)C(F)(F)C(F)(F)COCC(F)(F)F. The highest BCUT2D eigenvalue weighted by Gasteiger charge is 2.75. The summed E-state index contributed by atoms with van der Waals surface area (Å²) in [5.41, 5.74) is 0. The van der Waals surface area contributed by atoms with E-state index >= 15 is 0 Å². The van der Waals surface area contributed by atoms with Crippen LogP contribution in [0.25, 0.3) is 0 Å². The molecule has 0 unspecified atom stereocenters. The van der Waals surface area contributed by atoms with E-state index in [1.165, 1.54) is 0 Å². The Morgan fingerprint density at radius 2 is 1.16 bits per heavy atom. The van der Waals surface area contributed by atoms with Crippen molar-refractivity contribution in [3.05, 3.63) is 0 Å². The average molecular weight is 314 g/mol. The zero-order valence-electron chi connectivity index (χ0n) is 8.56. The molecule has 0 bridgehead atoms. The van der Waals surface area contributed by atoms with Gasteiger partial charge in [0.1, 0.15) is 13.2 Å². The van der Waals surface area contributed by atoms with Crippen LogP contribution in [-0.2, 0) is 4.74 Å². The largest absolute Gasteiger partial charge is 0.411 e. The van der Waals surface area contributed by atoms with Crippen LogP contribution in [0.4, 0.5) is 48.3 Å². The molecule has 19 heavy (non-hydrogen) atoms. The molecule has 0 rings (SSSR count). The van der Waals surface area contributed by atoms with Crippen LogP contribution in [0.1, 0.15) is 0 Å². The van der Waals surface area contributed by atoms with E-state index in [1.54, 1.807) is 0 Å². The Kier molecular flexibility index (Phi) is 5.06. The molecule has 0 saturated heterocycles. The molecule has 0 aliphatic rings. The Bertz CT molecular complexity index is 294. The number of halogens is 11. The molecule has 0 aliphatic carbocycles. The minimum Gasteiger partial charge on any atom is -0.366 e. The van der Waals surface area contributed by atoms with E-state index in [0.29, 0.717) is 0 Å². The van der Waals surface area contributed by atoms with Gasteiger partial charge in [-0.3, -0.25) is 0 Å². The summed E-state index contributed by atoms with van der Waals surface area (Å²) in [5, 5.41) is 0. The van der Waals surface area contributed by atoms with Gasteiger partial charge < -0.3 is 4.74 Å². The first-order valence-corrected chi connectivity index (χ1v) is 4.21. The molecule has 0 fully saturated rings. The van der Waals surface area contributed by atoms with Crippen LogP contribution in [0.2, 0.25) is 0 Å². The van der Waals surface area contributed by atoms with Crippen LogP contribution < -0.4 is 0 Å². The summed E-state index contributed by atoms with van der Waals surface area (Å²) < 4.78 is 135. The maximum Gasteiger partial charge on any atom is 0.411 e. The van der Waals surface area contributed by atoms with E-state index in [0.717, 1.165) is 0 Å². The number of hydrogen-bond donors (Lipinski definition) is 0. The molecule has 0 saturated carbocycles. The molecule has 0 spiro atoms. The second kappa shape index (κ2) is 5.29. The van der Waals surface area contributed by atoms with Crippen molar-refractivity contribution in [1.29, 1.82) is 0 Å². The molecule has 0 aliphatic heterocycles. The van der Waals surface area contributed by atoms with Crippen molar-refractivity contribution in [1.82, 2.24) is 0 Å². The fourth-order valence-electron chi connectivity index (χ4n) is 0.766. The second-order valence-corrected chi connectivity index (χ2v) is 3.31. The third-order valence-corrected chi connectivity index (χ3v) is 1.70. The van der Waals surface area contributed by atoms with Gasteiger partial charge in [-0.05, 0) is 0 Å². The lowest BCUT2D eigenvalue weighted by molar-refractivity contribution is -0.348. The Balaban J connectivity index is 4.88. The van der Waals surface area contributed by atoms with Gasteiger partial charge in [-0.2, -0.15) is 39.5 Å². The lowest BCUT2D eigenvalue weighted by Crippen LogP contribution is -2.59. The van der Waals surface area contributed by atoms with E-state index < -0.39 is 43.6 Å². The number of hydrogen-bond acceptors (Lipinski definition) is 1. The minimum absolute atomic E-state index is 2.42. The molecule has 0 atom stereocenters. The topological polar surface area (TPSA) is 9.23 Å². The average Bonchev–Trinajstić information content (AvgIpc) is 2.13. The van der Waals surface area contributed by atoms with E-state index in [-0.39, 0.29) is 0 Å². The normalized spacial score (nSPS) is 15.2. The summed E-state index contributed by atoms with van der Waals surface area (Å²) in [6.07, 6.45) is -10.3. The summed E-state index contributed by atoms with van der Waals surface area (Å²) in [7, 11) is 0. The van der Waals surface area contributed by atoms with Crippen molar-refractivity contribution in [2.45, 2.75) is 30.4 Å². The molecular weight excluding hydrogens is 309 g/mol. The summed E-state index contributed by atoms with van der Waals surface area (Å²) in [4.78, 5) is 0. The molecule has 0 aromatic heterocycles. The van der Waals surface area contributed by atoms with Crippen LogP contribution >= 0.6 is 0 Å². The highest BCUT2D eigenvalue weighted by Crippen LogP contribution is 2.48. The zero-order chi connectivity index (χ0) is 15.7. The van der Waals surface area contributed by atoms with Gasteiger partial charge >= 0.3 is 30.4 Å². The van der Waals surface area contributed by atoms with E-state index in [2.05, 4.69) is 4.74 Å². The van der Waals surface area contributed by atoms with Crippen molar-refractivity contribution in [2.75, 3.05) is 13.2 Å². The van der Waals surface area contributed by atoms with E-state index in [4.69, 9.17) is 0 Å². The predicted molar refractivity (Wildman–Crippen MR) is 37.7 cm³/mol. The van der Waals surface area contributed by atoms with Crippen molar-refractivity contribution >= 4 is 0 Å². The van der Waals surface area contributed by atoms with Gasteiger partial charge in [0, 0.05) is 0 Å². The van der Waals surface area contributed by atoms with E-state index in [1.807, 2.05) is 0 Å². The monoisotopic (exact) mass is 314 g/mol. The van der Waals surface area contributed by atoms with Gasteiger partial charge in [-0.15, -0.1) is 0 Å². The fourth-order valence-corrected chi connectivity index (χ4v) is 0.766. The van der Waals surface area contributed by atoms with Crippen LogP contribution in [-0.4, -0.2) is 43.6 Å². The van der Waals surface area contributed by atoms with Crippen LogP contribution in [0.3, 0.4) is 0 Å². The number of ether oxygens (including phenoxy) is 1. The summed E-state index contributed by atoms with van der Waals surface area (Å²) >= 11 is 0. The van der Waals surface area contributed by atoms with Crippen LogP contribution in [0.5, 0.6) is 0 Å². The van der Waals surface area contributed by atoms with Crippen molar-refractivity contribution in [2.24, 2.45) is 0 Å². The summed E-state index contributed by atoms with van der Waals surface area (Å²) in [6.45, 7) is -5.21. The number of rotatable bonds is 6. The Hall–Kier alpha value is -0.810. The van der Waals surface area contributed by atoms with Gasteiger partial charge in [0.15, 0.2) is 0 Å². The first-order chi connectivity index (χ1) is 8.15. The van der Waals surface area contributed by atoms with Crippen LogP contribution in [0, 0.1) is 0 Å². The Morgan fingerprint density at radius 3 is 1.47 bits per heavy atom. The lowest BCUT2D eigenvalue weighted by atomic mass is 10.1. The first-order valence-electron chi connectivity index (χ1n) is 4.21. The molecule has 1 nitrogen and oxygen atoms in total. The highest BCUT2D eigenvalue weighted by atomic mass is 19.4. The second-order valence-electron chi connectivity index (χ2n) is 3.31. The molecule has 116 valence electrons. The molecule has 12 heteroatoms. The zero-order valence-corrected chi connectivity index (χ0v) is 8.56. The maximum atomic E-state index is 12.6. The quantitative estimate of drug-likeness (QED) is 0.679. The van der Waals surface area contributed by atoms with Gasteiger partial charge in [0.05, 0.1) is 0 Å². The fraction of sp³-hybridized carbons (Fsp3) is 1.00. The standard InChI is InChI=1S/C7H5F11O/c8-3(9)6(15,16)7(17,18)4(10,11)1-19-2-5(12,13)14/h3H,1-2H2. The van der Waals surface area contributed by atoms with Gasteiger partial charge in [-0.1, -0.05) is 0 Å².